The van der Waals surface area contributed by atoms with Gasteiger partial charge in [-0.15, -0.1) is 0 Å². The number of piperidine rings is 1. The molecule has 1 N–H and O–H groups in total. The predicted octanol–water partition coefficient (Wildman–Crippen LogP) is 2.67. The molecular weight excluding hydrogens is 300 g/mol. The van der Waals surface area contributed by atoms with E-state index in [2.05, 4.69) is 22.3 Å². The van der Waals surface area contributed by atoms with Gasteiger partial charge in [-0.3, -0.25) is 9.59 Å². The maximum atomic E-state index is 12.7. The van der Waals surface area contributed by atoms with E-state index < -0.39 is 0 Å². The standard InChI is InChI=1S/C20H26N2O2/c23-18-8-10-20(21-18,13-15-4-2-1-3-5-15)11-9-19(24)22-14-16-6-7-17(22)12-16/h1-5,16-17H,6-14H2,(H,21,23). The highest BCUT2D eigenvalue weighted by atomic mass is 16.2. The predicted molar refractivity (Wildman–Crippen MR) is 92.3 cm³/mol. The first-order valence-corrected chi connectivity index (χ1v) is 9.28. The highest BCUT2D eigenvalue weighted by molar-refractivity contribution is 5.80. The maximum absolute atomic E-state index is 12.7. The maximum Gasteiger partial charge on any atom is 0.222 e. The van der Waals surface area contributed by atoms with Crippen LogP contribution in [0, 0.1) is 5.92 Å². The molecule has 2 bridgehead atoms. The average Bonchev–Trinajstić information content (AvgIpc) is 3.30. The highest BCUT2D eigenvalue weighted by Crippen LogP contribution is 2.38. The number of nitrogens with one attached hydrogen (secondary N) is 1. The summed E-state index contributed by atoms with van der Waals surface area (Å²) >= 11 is 0. The molecule has 1 aromatic rings. The Morgan fingerprint density at radius 2 is 2.08 bits per heavy atom. The fraction of sp³-hybridized carbons (Fsp3) is 0.600. The van der Waals surface area contributed by atoms with Gasteiger partial charge in [0.1, 0.15) is 0 Å². The van der Waals surface area contributed by atoms with Crippen LogP contribution in [0.5, 0.6) is 0 Å². The second-order valence-electron chi connectivity index (χ2n) is 7.87. The van der Waals surface area contributed by atoms with Gasteiger partial charge in [0, 0.05) is 31.0 Å². The Kier molecular flexibility index (Phi) is 4.07. The molecule has 0 spiro atoms. The largest absolute Gasteiger partial charge is 0.350 e. The Bertz CT molecular complexity index is 630. The Hall–Kier alpha value is -1.84. The van der Waals surface area contributed by atoms with Gasteiger partial charge in [0.15, 0.2) is 0 Å². The molecule has 3 aliphatic rings. The summed E-state index contributed by atoms with van der Waals surface area (Å²) in [7, 11) is 0. The number of benzene rings is 1. The molecule has 0 radical (unpaired) electrons. The molecule has 0 aromatic heterocycles. The Labute approximate surface area is 143 Å². The summed E-state index contributed by atoms with van der Waals surface area (Å²) in [4.78, 5) is 26.6. The molecule has 4 heteroatoms. The summed E-state index contributed by atoms with van der Waals surface area (Å²) in [5, 5.41) is 3.19. The van der Waals surface area contributed by atoms with E-state index in [0.717, 1.165) is 31.7 Å². The van der Waals surface area contributed by atoms with Crippen molar-refractivity contribution >= 4 is 11.8 Å². The Morgan fingerprint density at radius 3 is 2.71 bits per heavy atom. The van der Waals surface area contributed by atoms with Crippen molar-refractivity contribution in [3.8, 4) is 0 Å². The van der Waals surface area contributed by atoms with E-state index >= 15 is 0 Å². The number of likely N-dealkylation sites (tertiary alicyclic amines) is 1. The van der Waals surface area contributed by atoms with Gasteiger partial charge in [0.05, 0.1) is 0 Å². The molecule has 2 aliphatic heterocycles. The van der Waals surface area contributed by atoms with Crippen molar-refractivity contribution in [2.24, 2.45) is 5.92 Å². The lowest BCUT2D eigenvalue weighted by Gasteiger charge is -2.32. The number of amides is 2. The zero-order valence-corrected chi connectivity index (χ0v) is 14.2. The molecule has 3 fully saturated rings. The zero-order valence-electron chi connectivity index (χ0n) is 14.2. The summed E-state index contributed by atoms with van der Waals surface area (Å²) < 4.78 is 0. The fourth-order valence-electron chi connectivity index (χ4n) is 4.89. The highest BCUT2D eigenvalue weighted by Gasteiger charge is 2.42. The summed E-state index contributed by atoms with van der Waals surface area (Å²) in [6.07, 6.45) is 7.22. The van der Waals surface area contributed by atoms with E-state index in [1.807, 2.05) is 18.2 Å². The van der Waals surface area contributed by atoms with Crippen LogP contribution in [0.3, 0.4) is 0 Å². The van der Waals surface area contributed by atoms with E-state index in [-0.39, 0.29) is 17.4 Å². The van der Waals surface area contributed by atoms with Gasteiger partial charge in [-0.1, -0.05) is 30.3 Å². The minimum atomic E-state index is -0.243. The number of fused-ring (bicyclic) bond motifs is 2. The van der Waals surface area contributed by atoms with E-state index in [9.17, 15) is 9.59 Å². The quantitative estimate of drug-likeness (QED) is 0.904. The number of carbonyl (C=O) groups is 2. The normalized spacial score (nSPS) is 31.5. The molecule has 3 atom stereocenters. The Balaban J connectivity index is 1.41. The minimum absolute atomic E-state index is 0.124. The third-order valence-electron chi connectivity index (χ3n) is 6.17. The summed E-state index contributed by atoms with van der Waals surface area (Å²) in [5.74, 6) is 1.15. The fourth-order valence-corrected chi connectivity index (χ4v) is 4.89. The monoisotopic (exact) mass is 326 g/mol. The summed E-state index contributed by atoms with van der Waals surface area (Å²) in [5.41, 5.74) is 0.986. The number of rotatable bonds is 5. The second-order valence-corrected chi connectivity index (χ2v) is 7.87. The van der Waals surface area contributed by atoms with Crippen molar-refractivity contribution in [2.45, 2.75) is 62.9 Å². The summed E-state index contributed by atoms with van der Waals surface area (Å²) in [6.45, 7) is 0.960. The van der Waals surface area contributed by atoms with Crippen molar-refractivity contribution in [2.75, 3.05) is 6.54 Å². The van der Waals surface area contributed by atoms with Crippen molar-refractivity contribution in [1.29, 1.82) is 0 Å². The molecule has 1 aromatic carbocycles. The van der Waals surface area contributed by atoms with Crippen LogP contribution in [0.15, 0.2) is 30.3 Å². The van der Waals surface area contributed by atoms with Crippen LogP contribution in [-0.4, -0.2) is 34.8 Å². The van der Waals surface area contributed by atoms with Gasteiger partial charge < -0.3 is 10.2 Å². The molecule has 1 saturated carbocycles. The van der Waals surface area contributed by atoms with Crippen LogP contribution >= 0.6 is 0 Å². The second kappa shape index (κ2) is 6.23. The SMILES string of the molecule is O=C1CCC(CCC(=O)N2CC3CCC2C3)(Cc2ccccc2)N1. The first kappa shape index (κ1) is 15.7. The topological polar surface area (TPSA) is 49.4 Å². The van der Waals surface area contributed by atoms with Crippen molar-refractivity contribution in [3.05, 3.63) is 35.9 Å². The van der Waals surface area contributed by atoms with E-state index in [1.165, 1.54) is 24.8 Å². The van der Waals surface area contributed by atoms with Crippen LogP contribution in [0.4, 0.5) is 0 Å². The molecule has 2 heterocycles. The van der Waals surface area contributed by atoms with Gasteiger partial charge in [-0.2, -0.15) is 0 Å². The molecule has 3 unspecified atom stereocenters. The first-order chi connectivity index (χ1) is 11.6. The van der Waals surface area contributed by atoms with Gasteiger partial charge in [0.25, 0.3) is 0 Å². The van der Waals surface area contributed by atoms with E-state index in [4.69, 9.17) is 0 Å². The lowest BCUT2D eigenvalue weighted by molar-refractivity contribution is -0.133. The molecule has 128 valence electrons. The zero-order chi connectivity index (χ0) is 16.6. The van der Waals surface area contributed by atoms with Gasteiger partial charge in [0.2, 0.25) is 11.8 Å². The minimum Gasteiger partial charge on any atom is -0.350 e. The molecular formula is C20H26N2O2. The number of hydrogen-bond acceptors (Lipinski definition) is 2. The van der Waals surface area contributed by atoms with Gasteiger partial charge >= 0.3 is 0 Å². The molecule has 4 nitrogen and oxygen atoms in total. The van der Waals surface area contributed by atoms with Crippen LogP contribution in [-0.2, 0) is 16.0 Å². The number of carbonyl (C=O) groups excluding carboxylic acids is 2. The Morgan fingerprint density at radius 1 is 1.25 bits per heavy atom. The van der Waals surface area contributed by atoms with Gasteiger partial charge in [-0.05, 0) is 50.0 Å². The molecule has 2 amide bonds. The third kappa shape index (κ3) is 3.06. The number of nitrogens with zero attached hydrogens (tertiary/aromatic N) is 1. The lowest BCUT2D eigenvalue weighted by Crippen LogP contribution is -2.45. The molecule has 2 saturated heterocycles. The van der Waals surface area contributed by atoms with Crippen LogP contribution in [0.2, 0.25) is 0 Å². The van der Waals surface area contributed by atoms with Crippen LogP contribution < -0.4 is 5.32 Å². The van der Waals surface area contributed by atoms with Crippen LogP contribution in [0.1, 0.15) is 50.5 Å². The van der Waals surface area contributed by atoms with Gasteiger partial charge in [-0.25, -0.2) is 0 Å². The average molecular weight is 326 g/mol. The van der Waals surface area contributed by atoms with E-state index in [0.29, 0.717) is 18.9 Å². The smallest absolute Gasteiger partial charge is 0.222 e. The van der Waals surface area contributed by atoms with Crippen LogP contribution in [0.25, 0.3) is 0 Å². The third-order valence-corrected chi connectivity index (χ3v) is 6.17. The lowest BCUT2D eigenvalue weighted by atomic mass is 9.85. The van der Waals surface area contributed by atoms with Crippen molar-refractivity contribution < 1.29 is 9.59 Å². The molecule has 1 aliphatic carbocycles. The molecule has 4 rings (SSSR count). The summed E-state index contributed by atoms with van der Waals surface area (Å²) in [6, 6.07) is 10.8. The van der Waals surface area contributed by atoms with Crippen molar-refractivity contribution in [3.63, 3.8) is 0 Å². The first-order valence-electron chi connectivity index (χ1n) is 9.28. The molecule has 24 heavy (non-hydrogen) atoms. The van der Waals surface area contributed by atoms with Crippen molar-refractivity contribution in [1.82, 2.24) is 10.2 Å². The number of hydrogen-bond donors (Lipinski definition) is 1. The van der Waals surface area contributed by atoms with E-state index in [1.54, 1.807) is 0 Å².